The van der Waals surface area contributed by atoms with E-state index < -0.39 is 0 Å². The summed E-state index contributed by atoms with van der Waals surface area (Å²) in [6.45, 7) is 1.23. The van der Waals surface area contributed by atoms with Crippen molar-refractivity contribution in [1.29, 1.82) is 0 Å². The van der Waals surface area contributed by atoms with Gasteiger partial charge >= 0.3 is 0 Å². The SMILES string of the molecule is COC[C@@H]1C[C@H](OC)CN1C(=O)CCc1cn(C)c2ccccc12. The normalized spacial score (nSPS) is 20.9. The van der Waals surface area contributed by atoms with E-state index in [1.54, 1.807) is 14.2 Å². The van der Waals surface area contributed by atoms with Gasteiger partial charge in [-0.05, 0) is 24.5 Å². The Labute approximate surface area is 143 Å². The molecule has 2 aromatic rings. The van der Waals surface area contributed by atoms with E-state index in [2.05, 4.69) is 22.9 Å². The van der Waals surface area contributed by atoms with Gasteiger partial charge in [-0.3, -0.25) is 4.79 Å². The predicted octanol–water partition coefficient (Wildman–Crippen LogP) is 2.37. The molecule has 130 valence electrons. The molecule has 0 unspecified atom stereocenters. The van der Waals surface area contributed by atoms with Crippen LogP contribution in [0.1, 0.15) is 18.4 Å². The van der Waals surface area contributed by atoms with Crippen LogP contribution in [0.4, 0.5) is 0 Å². The van der Waals surface area contributed by atoms with E-state index in [9.17, 15) is 4.79 Å². The third-order valence-corrected chi connectivity index (χ3v) is 4.98. The van der Waals surface area contributed by atoms with Crippen molar-refractivity contribution in [3.8, 4) is 0 Å². The van der Waals surface area contributed by atoms with Gasteiger partial charge in [-0.25, -0.2) is 0 Å². The Bertz CT molecular complexity index is 710. The minimum Gasteiger partial charge on any atom is -0.383 e. The van der Waals surface area contributed by atoms with Crippen molar-refractivity contribution in [1.82, 2.24) is 9.47 Å². The second-order valence-corrected chi connectivity index (χ2v) is 6.53. The van der Waals surface area contributed by atoms with E-state index in [4.69, 9.17) is 9.47 Å². The van der Waals surface area contributed by atoms with Crippen molar-refractivity contribution in [3.63, 3.8) is 0 Å². The molecular weight excluding hydrogens is 304 g/mol. The maximum Gasteiger partial charge on any atom is 0.223 e. The highest BCUT2D eigenvalue weighted by atomic mass is 16.5. The molecule has 0 bridgehead atoms. The van der Waals surface area contributed by atoms with Crippen LogP contribution in [0.15, 0.2) is 30.5 Å². The first-order chi connectivity index (χ1) is 11.6. The van der Waals surface area contributed by atoms with Crippen LogP contribution in [0, 0.1) is 0 Å². The smallest absolute Gasteiger partial charge is 0.223 e. The zero-order valence-corrected chi connectivity index (χ0v) is 14.7. The van der Waals surface area contributed by atoms with Crippen molar-refractivity contribution in [2.75, 3.05) is 27.4 Å². The molecule has 2 heterocycles. The number of hydrogen-bond donors (Lipinski definition) is 0. The molecule has 2 atom stereocenters. The monoisotopic (exact) mass is 330 g/mol. The summed E-state index contributed by atoms with van der Waals surface area (Å²) in [5.41, 5.74) is 2.44. The van der Waals surface area contributed by atoms with Gasteiger partial charge in [-0.15, -0.1) is 0 Å². The number of likely N-dealkylation sites (tertiary alicyclic amines) is 1. The summed E-state index contributed by atoms with van der Waals surface area (Å²) in [6.07, 6.45) is 4.38. The largest absolute Gasteiger partial charge is 0.383 e. The molecule has 5 heteroatoms. The number of carbonyl (C=O) groups excluding carboxylic acids is 1. The first-order valence-electron chi connectivity index (χ1n) is 8.48. The molecule has 1 fully saturated rings. The molecule has 1 aliphatic heterocycles. The zero-order chi connectivity index (χ0) is 17.1. The highest BCUT2D eigenvalue weighted by Crippen LogP contribution is 2.24. The molecule has 1 saturated heterocycles. The van der Waals surface area contributed by atoms with Gasteiger partial charge in [0.2, 0.25) is 5.91 Å². The molecule has 3 rings (SSSR count). The highest BCUT2D eigenvalue weighted by molar-refractivity contribution is 5.85. The Kier molecular flexibility index (Phi) is 5.21. The lowest BCUT2D eigenvalue weighted by atomic mass is 10.1. The third-order valence-electron chi connectivity index (χ3n) is 4.98. The fourth-order valence-electron chi connectivity index (χ4n) is 3.71. The fraction of sp³-hybridized carbons (Fsp3) is 0.526. The Balaban J connectivity index is 1.68. The number of rotatable bonds is 6. The van der Waals surface area contributed by atoms with Crippen molar-refractivity contribution in [3.05, 3.63) is 36.0 Å². The number of para-hydroxylation sites is 1. The topological polar surface area (TPSA) is 43.7 Å². The summed E-state index contributed by atoms with van der Waals surface area (Å²) in [5, 5.41) is 1.23. The summed E-state index contributed by atoms with van der Waals surface area (Å²) < 4.78 is 12.8. The Hall–Kier alpha value is -1.85. The van der Waals surface area contributed by atoms with E-state index in [1.165, 1.54) is 16.5 Å². The third kappa shape index (κ3) is 3.32. The number of methoxy groups -OCH3 is 2. The molecule has 1 aliphatic rings. The molecule has 0 N–H and O–H groups in total. The minimum atomic E-state index is 0.117. The van der Waals surface area contributed by atoms with Gasteiger partial charge in [-0.2, -0.15) is 0 Å². The number of aryl methyl sites for hydroxylation is 2. The molecule has 1 aromatic heterocycles. The number of fused-ring (bicyclic) bond motifs is 1. The highest BCUT2D eigenvalue weighted by Gasteiger charge is 2.34. The van der Waals surface area contributed by atoms with Gasteiger partial charge in [0, 0.05) is 51.3 Å². The number of hydrogen-bond acceptors (Lipinski definition) is 3. The number of benzene rings is 1. The summed E-state index contributed by atoms with van der Waals surface area (Å²) in [5.74, 6) is 0.185. The molecule has 24 heavy (non-hydrogen) atoms. The molecule has 0 saturated carbocycles. The number of carbonyl (C=O) groups is 1. The number of amides is 1. The van der Waals surface area contributed by atoms with E-state index in [-0.39, 0.29) is 18.1 Å². The lowest BCUT2D eigenvalue weighted by Crippen LogP contribution is -2.38. The second kappa shape index (κ2) is 7.36. The van der Waals surface area contributed by atoms with Crippen LogP contribution >= 0.6 is 0 Å². The lowest BCUT2D eigenvalue weighted by Gasteiger charge is -2.23. The molecular formula is C19H26N2O3. The summed E-state index contributed by atoms with van der Waals surface area (Å²) in [7, 11) is 5.43. The average molecular weight is 330 g/mol. The maximum atomic E-state index is 12.7. The lowest BCUT2D eigenvalue weighted by molar-refractivity contribution is -0.133. The maximum absolute atomic E-state index is 12.7. The van der Waals surface area contributed by atoms with Crippen LogP contribution in [0.5, 0.6) is 0 Å². The van der Waals surface area contributed by atoms with E-state index in [1.807, 2.05) is 24.1 Å². The van der Waals surface area contributed by atoms with Gasteiger partial charge in [0.1, 0.15) is 0 Å². The Morgan fingerprint density at radius 2 is 2.08 bits per heavy atom. The molecule has 0 radical (unpaired) electrons. The summed E-state index contributed by atoms with van der Waals surface area (Å²) in [4.78, 5) is 14.6. The van der Waals surface area contributed by atoms with Crippen molar-refractivity contribution >= 4 is 16.8 Å². The Morgan fingerprint density at radius 3 is 2.83 bits per heavy atom. The zero-order valence-electron chi connectivity index (χ0n) is 14.7. The van der Waals surface area contributed by atoms with Crippen LogP contribution < -0.4 is 0 Å². The molecule has 5 nitrogen and oxygen atoms in total. The van der Waals surface area contributed by atoms with Gasteiger partial charge in [0.25, 0.3) is 0 Å². The number of nitrogens with zero attached hydrogens (tertiary/aromatic N) is 2. The fourth-order valence-corrected chi connectivity index (χ4v) is 3.71. The molecule has 0 spiro atoms. The number of aromatic nitrogens is 1. The summed E-state index contributed by atoms with van der Waals surface area (Å²) >= 11 is 0. The van der Waals surface area contributed by atoms with E-state index in [0.717, 1.165) is 12.8 Å². The summed E-state index contributed by atoms with van der Waals surface area (Å²) in [6, 6.07) is 8.45. The number of ether oxygens (including phenoxy) is 2. The van der Waals surface area contributed by atoms with Crippen molar-refractivity contribution in [2.24, 2.45) is 7.05 Å². The first kappa shape index (κ1) is 17.0. The average Bonchev–Trinajstić information content (AvgIpc) is 3.15. The van der Waals surface area contributed by atoms with Crippen LogP contribution in [0.3, 0.4) is 0 Å². The van der Waals surface area contributed by atoms with Gasteiger partial charge in [0.15, 0.2) is 0 Å². The molecule has 1 amide bonds. The van der Waals surface area contributed by atoms with Crippen molar-refractivity contribution in [2.45, 2.75) is 31.4 Å². The van der Waals surface area contributed by atoms with Crippen LogP contribution in [-0.2, 0) is 27.7 Å². The second-order valence-electron chi connectivity index (χ2n) is 6.53. The Morgan fingerprint density at radius 1 is 1.29 bits per heavy atom. The quantitative estimate of drug-likeness (QED) is 0.817. The van der Waals surface area contributed by atoms with Gasteiger partial charge in [0.05, 0.1) is 18.8 Å². The molecule has 0 aliphatic carbocycles. The van der Waals surface area contributed by atoms with Gasteiger partial charge < -0.3 is 18.9 Å². The predicted molar refractivity (Wildman–Crippen MR) is 94.0 cm³/mol. The first-order valence-corrected chi connectivity index (χ1v) is 8.48. The van der Waals surface area contributed by atoms with E-state index in [0.29, 0.717) is 19.6 Å². The van der Waals surface area contributed by atoms with Crippen molar-refractivity contribution < 1.29 is 14.3 Å². The van der Waals surface area contributed by atoms with Crippen LogP contribution in [0.2, 0.25) is 0 Å². The standard InChI is InChI=1S/C19H26N2O3/c1-20-11-14(17-6-4-5-7-18(17)20)8-9-19(22)21-12-16(24-3)10-15(21)13-23-2/h4-7,11,15-16H,8-10,12-13H2,1-3H3/t15-,16-/m0/s1. The van der Waals surface area contributed by atoms with Gasteiger partial charge in [-0.1, -0.05) is 18.2 Å². The van der Waals surface area contributed by atoms with Crippen LogP contribution in [-0.4, -0.2) is 54.9 Å². The van der Waals surface area contributed by atoms with Crippen LogP contribution in [0.25, 0.3) is 10.9 Å². The molecule has 1 aromatic carbocycles. The minimum absolute atomic E-state index is 0.117. The van der Waals surface area contributed by atoms with E-state index >= 15 is 0 Å².